The maximum Gasteiger partial charge on any atom is 0.195 e. The Morgan fingerprint density at radius 2 is 2.31 bits per heavy atom. The molecular weight excluding hydrogens is 202 g/mol. The van der Waals surface area contributed by atoms with Crippen LogP contribution in [0.5, 0.6) is 0 Å². The highest BCUT2D eigenvalue weighted by molar-refractivity contribution is 5.44. The van der Waals surface area contributed by atoms with Gasteiger partial charge in [0.15, 0.2) is 11.6 Å². The number of rotatable bonds is 1. The van der Waals surface area contributed by atoms with Gasteiger partial charge in [-0.05, 0) is 19.3 Å². The lowest BCUT2D eigenvalue weighted by Gasteiger charge is -2.20. The first-order chi connectivity index (χ1) is 7.84. The molecule has 0 radical (unpaired) electrons. The van der Waals surface area contributed by atoms with Crippen LogP contribution in [0.25, 0.3) is 11.6 Å². The highest BCUT2D eigenvalue weighted by Gasteiger charge is 2.19. The standard InChI is InChI=1S/C11H13N5/c12-8-2-1-3-9-7(8)6-15-11(16-9)10-13-4-5-14-10/h4-6,8H,1-3,12H2,(H,13,14). The summed E-state index contributed by atoms with van der Waals surface area (Å²) < 4.78 is 0. The molecule has 0 saturated heterocycles. The van der Waals surface area contributed by atoms with Gasteiger partial charge in [-0.15, -0.1) is 0 Å². The largest absolute Gasteiger partial charge is 0.342 e. The minimum Gasteiger partial charge on any atom is -0.342 e. The molecule has 0 aromatic carbocycles. The van der Waals surface area contributed by atoms with Crippen LogP contribution in [0, 0.1) is 0 Å². The molecule has 5 heteroatoms. The van der Waals surface area contributed by atoms with Gasteiger partial charge in [0.2, 0.25) is 0 Å². The second-order valence-electron chi connectivity index (χ2n) is 4.03. The summed E-state index contributed by atoms with van der Waals surface area (Å²) in [5.41, 5.74) is 8.17. The Morgan fingerprint density at radius 3 is 3.12 bits per heavy atom. The molecular formula is C11H13N5. The first-order valence-corrected chi connectivity index (χ1v) is 5.46. The predicted octanol–water partition coefficient (Wildman–Crippen LogP) is 1.20. The third kappa shape index (κ3) is 1.49. The number of H-pyrrole nitrogens is 1. The molecule has 0 bridgehead atoms. The van der Waals surface area contributed by atoms with Gasteiger partial charge in [0.1, 0.15) is 0 Å². The fourth-order valence-corrected chi connectivity index (χ4v) is 2.08. The van der Waals surface area contributed by atoms with Crippen LogP contribution in [-0.2, 0) is 6.42 Å². The van der Waals surface area contributed by atoms with Crippen molar-refractivity contribution in [3.63, 3.8) is 0 Å². The van der Waals surface area contributed by atoms with Crippen LogP contribution >= 0.6 is 0 Å². The molecule has 0 fully saturated rings. The lowest BCUT2D eigenvalue weighted by molar-refractivity contribution is 0.557. The topological polar surface area (TPSA) is 80.5 Å². The van der Waals surface area contributed by atoms with Crippen LogP contribution in [0.4, 0.5) is 0 Å². The molecule has 16 heavy (non-hydrogen) atoms. The van der Waals surface area contributed by atoms with E-state index in [9.17, 15) is 0 Å². The van der Waals surface area contributed by atoms with E-state index in [1.165, 1.54) is 0 Å². The third-order valence-corrected chi connectivity index (χ3v) is 2.94. The summed E-state index contributed by atoms with van der Waals surface area (Å²) in [5, 5.41) is 0. The van der Waals surface area contributed by atoms with Crippen molar-refractivity contribution < 1.29 is 0 Å². The second kappa shape index (κ2) is 3.68. The summed E-state index contributed by atoms with van der Waals surface area (Å²) in [6, 6.07) is 0.0920. The molecule has 0 aliphatic heterocycles. The molecule has 2 aromatic heterocycles. The summed E-state index contributed by atoms with van der Waals surface area (Å²) in [4.78, 5) is 16.0. The molecule has 0 saturated carbocycles. The normalized spacial score (nSPS) is 19.4. The minimum atomic E-state index is 0.0920. The molecule has 0 spiro atoms. The van der Waals surface area contributed by atoms with Crippen molar-refractivity contribution in [2.75, 3.05) is 0 Å². The van der Waals surface area contributed by atoms with Crippen LogP contribution < -0.4 is 5.73 Å². The highest BCUT2D eigenvalue weighted by Crippen LogP contribution is 2.26. The number of aryl methyl sites for hydroxylation is 1. The van der Waals surface area contributed by atoms with Crippen molar-refractivity contribution in [3.05, 3.63) is 29.8 Å². The van der Waals surface area contributed by atoms with Crippen molar-refractivity contribution in [1.82, 2.24) is 19.9 Å². The maximum absolute atomic E-state index is 6.01. The van der Waals surface area contributed by atoms with Crippen molar-refractivity contribution in [1.29, 1.82) is 0 Å². The molecule has 1 aliphatic rings. The molecule has 3 N–H and O–H groups in total. The van der Waals surface area contributed by atoms with Gasteiger partial charge in [-0.2, -0.15) is 0 Å². The summed E-state index contributed by atoms with van der Waals surface area (Å²) in [6.07, 6.45) is 8.41. The molecule has 82 valence electrons. The Balaban J connectivity index is 2.05. The SMILES string of the molecule is NC1CCCc2nc(-c3ncc[nH]3)ncc21. The van der Waals surface area contributed by atoms with Gasteiger partial charge in [0.05, 0.1) is 0 Å². The van der Waals surface area contributed by atoms with Crippen molar-refractivity contribution >= 4 is 0 Å². The van der Waals surface area contributed by atoms with Gasteiger partial charge < -0.3 is 10.7 Å². The smallest absolute Gasteiger partial charge is 0.195 e. The van der Waals surface area contributed by atoms with Gasteiger partial charge >= 0.3 is 0 Å². The number of fused-ring (bicyclic) bond motifs is 1. The van der Waals surface area contributed by atoms with E-state index in [-0.39, 0.29) is 6.04 Å². The quantitative estimate of drug-likeness (QED) is 0.749. The molecule has 1 unspecified atom stereocenters. The lowest BCUT2D eigenvalue weighted by Crippen LogP contribution is -2.19. The van der Waals surface area contributed by atoms with Crippen LogP contribution in [0.15, 0.2) is 18.6 Å². The zero-order chi connectivity index (χ0) is 11.0. The number of nitrogens with zero attached hydrogens (tertiary/aromatic N) is 3. The van der Waals surface area contributed by atoms with E-state index in [0.29, 0.717) is 11.6 Å². The van der Waals surface area contributed by atoms with Crippen molar-refractivity contribution in [3.8, 4) is 11.6 Å². The fourth-order valence-electron chi connectivity index (χ4n) is 2.08. The number of hydrogen-bond donors (Lipinski definition) is 2. The van der Waals surface area contributed by atoms with Crippen molar-refractivity contribution in [2.24, 2.45) is 5.73 Å². The number of aromatic amines is 1. The van der Waals surface area contributed by atoms with E-state index in [4.69, 9.17) is 5.73 Å². The van der Waals surface area contributed by atoms with E-state index in [1.807, 2.05) is 6.20 Å². The van der Waals surface area contributed by atoms with Crippen LogP contribution in [0.3, 0.4) is 0 Å². The van der Waals surface area contributed by atoms with Crippen LogP contribution in [0.2, 0.25) is 0 Å². The van der Waals surface area contributed by atoms with E-state index < -0.39 is 0 Å². The third-order valence-electron chi connectivity index (χ3n) is 2.94. The van der Waals surface area contributed by atoms with Gasteiger partial charge in [-0.1, -0.05) is 0 Å². The van der Waals surface area contributed by atoms with Gasteiger partial charge in [0, 0.05) is 35.9 Å². The molecule has 2 heterocycles. The number of aromatic nitrogens is 4. The first-order valence-electron chi connectivity index (χ1n) is 5.46. The maximum atomic E-state index is 6.01. The number of imidazole rings is 1. The van der Waals surface area contributed by atoms with Gasteiger partial charge in [0.25, 0.3) is 0 Å². The Kier molecular flexibility index (Phi) is 2.18. The first kappa shape index (κ1) is 9.47. The Morgan fingerprint density at radius 1 is 1.38 bits per heavy atom. The average Bonchev–Trinajstić information content (AvgIpc) is 2.82. The number of nitrogens with two attached hydrogens (primary N) is 1. The zero-order valence-electron chi connectivity index (χ0n) is 8.85. The predicted molar refractivity (Wildman–Crippen MR) is 59.5 cm³/mol. The molecule has 1 aliphatic carbocycles. The number of nitrogens with one attached hydrogen (secondary N) is 1. The van der Waals surface area contributed by atoms with Crippen LogP contribution in [-0.4, -0.2) is 19.9 Å². The molecule has 1 atom stereocenters. The Labute approximate surface area is 93.2 Å². The monoisotopic (exact) mass is 215 g/mol. The minimum absolute atomic E-state index is 0.0920. The highest BCUT2D eigenvalue weighted by atomic mass is 15.0. The zero-order valence-corrected chi connectivity index (χ0v) is 8.85. The summed E-state index contributed by atoms with van der Waals surface area (Å²) in [7, 11) is 0. The average molecular weight is 215 g/mol. The summed E-state index contributed by atoms with van der Waals surface area (Å²) in [5.74, 6) is 1.36. The van der Waals surface area contributed by atoms with E-state index in [0.717, 1.165) is 30.5 Å². The van der Waals surface area contributed by atoms with Crippen LogP contribution in [0.1, 0.15) is 30.1 Å². The Bertz CT molecular complexity index is 491. The fraction of sp³-hybridized carbons (Fsp3) is 0.364. The van der Waals surface area contributed by atoms with Gasteiger partial charge in [-0.25, -0.2) is 15.0 Å². The molecule has 2 aromatic rings. The molecule has 0 amide bonds. The van der Waals surface area contributed by atoms with Crippen molar-refractivity contribution in [2.45, 2.75) is 25.3 Å². The van der Waals surface area contributed by atoms with E-state index in [1.54, 1.807) is 12.4 Å². The summed E-state index contributed by atoms with van der Waals surface area (Å²) in [6.45, 7) is 0. The summed E-state index contributed by atoms with van der Waals surface area (Å²) >= 11 is 0. The number of hydrogen-bond acceptors (Lipinski definition) is 4. The molecule has 5 nitrogen and oxygen atoms in total. The Hall–Kier alpha value is -1.75. The van der Waals surface area contributed by atoms with Gasteiger partial charge in [-0.3, -0.25) is 0 Å². The molecule has 3 rings (SSSR count). The second-order valence-corrected chi connectivity index (χ2v) is 4.03. The van der Waals surface area contributed by atoms with E-state index >= 15 is 0 Å². The lowest BCUT2D eigenvalue weighted by atomic mass is 9.93. The van der Waals surface area contributed by atoms with E-state index in [2.05, 4.69) is 19.9 Å².